The van der Waals surface area contributed by atoms with Crippen molar-refractivity contribution >= 4 is 11.6 Å². The van der Waals surface area contributed by atoms with E-state index < -0.39 is 0 Å². The SMILES string of the molecule is CNc1cccc(C#Cc2cc3n(c2)CCC3=O)n1. The summed E-state index contributed by atoms with van der Waals surface area (Å²) in [6, 6.07) is 7.51. The number of carbonyl (C=O) groups is 1. The fourth-order valence-electron chi connectivity index (χ4n) is 2.13. The Morgan fingerprint density at radius 3 is 3.05 bits per heavy atom. The maximum absolute atomic E-state index is 11.5. The molecule has 0 bridgehead atoms. The summed E-state index contributed by atoms with van der Waals surface area (Å²) in [6.07, 6.45) is 2.53. The van der Waals surface area contributed by atoms with E-state index in [2.05, 4.69) is 22.1 Å². The monoisotopic (exact) mass is 251 g/mol. The Kier molecular flexibility index (Phi) is 2.81. The van der Waals surface area contributed by atoms with E-state index in [4.69, 9.17) is 0 Å². The standard InChI is InChI=1S/C15H13N3O/c1-16-15-4-2-3-12(17-15)6-5-11-9-13-14(19)7-8-18(13)10-11/h2-4,9-10H,7-8H2,1H3,(H,16,17). The largest absolute Gasteiger partial charge is 0.373 e. The molecule has 4 nitrogen and oxygen atoms in total. The zero-order chi connectivity index (χ0) is 13.2. The van der Waals surface area contributed by atoms with Gasteiger partial charge in [-0.3, -0.25) is 4.79 Å². The summed E-state index contributed by atoms with van der Waals surface area (Å²) in [5.41, 5.74) is 2.34. The molecule has 0 atom stereocenters. The lowest BCUT2D eigenvalue weighted by atomic mass is 10.2. The molecular formula is C15H13N3O. The summed E-state index contributed by atoms with van der Waals surface area (Å²) >= 11 is 0. The van der Waals surface area contributed by atoms with Crippen LogP contribution in [0.1, 0.15) is 28.2 Å². The molecule has 0 aliphatic carbocycles. The number of anilines is 1. The molecule has 1 aliphatic heterocycles. The van der Waals surface area contributed by atoms with Crippen molar-refractivity contribution in [1.82, 2.24) is 9.55 Å². The number of rotatable bonds is 1. The number of ketones is 1. The number of nitrogens with one attached hydrogen (secondary N) is 1. The quantitative estimate of drug-likeness (QED) is 0.788. The third kappa shape index (κ3) is 2.23. The molecule has 3 heterocycles. The van der Waals surface area contributed by atoms with Gasteiger partial charge in [0.05, 0.1) is 5.69 Å². The minimum Gasteiger partial charge on any atom is -0.373 e. The smallest absolute Gasteiger partial charge is 0.181 e. The highest BCUT2D eigenvalue weighted by Crippen LogP contribution is 2.17. The van der Waals surface area contributed by atoms with Crippen LogP contribution in [-0.2, 0) is 6.54 Å². The maximum atomic E-state index is 11.5. The predicted octanol–water partition coefficient (Wildman–Crippen LogP) is 1.91. The first kappa shape index (κ1) is 11.5. The van der Waals surface area contributed by atoms with Gasteiger partial charge in [-0.05, 0) is 24.1 Å². The van der Waals surface area contributed by atoms with E-state index >= 15 is 0 Å². The van der Waals surface area contributed by atoms with E-state index in [0.29, 0.717) is 12.1 Å². The molecule has 0 radical (unpaired) electrons. The van der Waals surface area contributed by atoms with Crippen molar-refractivity contribution in [3.63, 3.8) is 0 Å². The van der Waals surface area contributed by atoms with Crippen LogP contribution in [0.5, 0.6) is 0 Å². The average Bonchev–Trinajstić information content (AvgIpc) is 2.99. The van der Waals surface area contributed by atoms with E-state index in [0.717, 1.165) is 23.6 Å². The number of aromatic nitrogens is 2. The van der Waals surface area contributed by atoms with Gasteiger partial charge in [0.1, 0.15) is 11.5 Å². The van der Waals surface area contributed by atoms with Crippen LogP contribution >= 0.6 is 0 Å². The molecule has 1 aliphatic rings. The van der Waals surface area contributed by atoms with Crippen molar-refractivity contribution < 1.29 is 4.79 Å². The number of hydrogen-bond acceptors (Lipinski definition) is 3. The maximum Gasteiger partial charge on any atom is 0.181 e. The molecule has 94 valence electrons. The first-order valence-corrected chi connectivity index (χ1v) is 6.16. The summed E-state index contributed by atoms with van der Waals surface area (Å²) in [6.45, 7) is 0.767. The molecule has 0 unspecified atom stereocenters. The molecule has 0 spiro atoms. The van der Waals surface area contributed by atoms with Crippen molar-refractivity contribution in [2.45, 2.75) is 13.0 Å². The molecule has 0 fully saturated rings. The molecule has 3 rings (SSSR count). The zero-order valence-corrected chi connectivity index (χ0v) is 10.6. The van der Waals surface area contributed by atoms with E-state index in [9.17, 15) is 4.79 Å². The third-order valence-corrected chi connectivity index (χ3v) is 3.10. The minimum absolute atomic E-state index is 0.198. The molecule has 0 aromatic carbocycles. The minimum atomic E-state index is 0.198. The normalized spacial score (nSPS) is 12.8. The van der Waals surface area contributed by atoms with Gasteiger partial charge in [0.25, 0.3) is 0 Å². The number of carbonyl (C=O) groups excluding carboxylic acids is 1. The van der Waals surface area contributed by atoms with Crippen molar-refractivity contribution in [2.24, 2.45) is 0 Å². The van der Waals surface area contributed by atoms with Crippen LogP contribution in [0, 0.1) is 11.8 Å². The molecular weight excluding hydrogens is 238 g/mol. The van der Waals surface area contributed by atoms with Gasteiger partial charge in [0, 0.05) is 31.8 Å². The average molecular weight is 251 g/mol. The fraction of sp³-hybridized carbons (Fsp3) is 0.200. The van der Waals surface area contributed by atoms with Gasteiger partial charge >= 0.3 is 0 Å². The molecule has 0 amide bonds. The van der Waals surface area contributed by atoms with Gasteiger partial charge < -0.3 is 9.88 Å². The van der Waals surface area contributed by atoms with Crippen molar-refractivity contribution in [1.29, 1.82) is 0 Å². The molecule has 0 saturated carbocycles. The van der Waals surface area contributed by atoms with Crippen LogP contribution in [0.25, 0.3) is 0 Å². The second-order valence-electron chi connectivity index (χ2n) is 4.39. The fourth-order valence-corrected chi connectivity index (χ4v) is 2.13. The Morgan fingerprint density at radius 1 is 1.37 bits per heavy atom. The third-order valence-electron chi connectivity index (χ3n) is 3.10. The number of aryl methyl sites for hydroxylation is 1. The van der Waals surface area contributed by atoms with Crippen molar-refractivity contribution in [3.8, 4) is 11.8 Å². The number of hydrogen-bond donors (Lipinski definition) is 1. The van der Waals surface area contributed by atoms with E-state index in [1.807, 2.05) is 42.1 Å². The Labute approximate surface area is 111 Å². The van der Waals surface area contributed by atoms with Crippen LogP contribution in [-0.4, -0.2) is 22.4 Å². The van der Waals surface area contributed by atoms with Crippen LogP contribution in [0.15, 0.2) is 30.5 Å². The molecule has 0 saturated heterocycles. The lowest BCUT2D eigenvalue weighted by molar-refractivity contribution is 0.0994. The van der Waals surface area contributed by atoms with Crippen LogP contribution in [0.3, 0.4) is 0 Å². The predicted molar refractivity (Wildman–Crippen MR) is 73.1 cm³/mol. The van der Waals surface area contributed by atoms with Gasteiger partial charge in [-0.2, -0.15) is 0 Å². The van der Waals surface area contributed by atoms with Gasteiger partial charge in [-0.1, -0.05) is 12.0 Å². The lowest BCUT2D eigenvalue weighted by Gasteiger charge is -1.97. The summed E-state index contributed by atoms with van der Waals surface area (Å²) in [5.74, 6) is 7.05. The first-order valence-electron chi connectivity index (χ1n) is 6.16. The van der Waals surface area contributed by atoms with Crippen molar-refractivity contribution in [2.75, 3.05) is 12.4 Å². The number of fused-ring (bicyclic) bond motifs is 1. The number of nitrogens with zero attached hydrogens (tertiary/aromatic N) is 2. The lowest BCUT2D eigenvalue weighted by Crippen LogP contribution is -1.93. The summed E-state index contributed by atoms with van der Waals surface area (Å²) < 4.78 is 1.96. The Hall–Kier alpha value is -2.54. The molecule has 1 N–H and O–H groups in total. The van der Waals surface area contributed by atoms with Gasteiger partial charge in [0.15, 0.2) is 5.78 Å². The molecule has 2 aromatic heterocycles. The topological polar surface area (TPSA) is 46.9 Å². The highest BCUT2D eigenvalue weighted by molar-refractivity contribution is 5.96. The number of Topliss-reactive ketones (excluding diaryl/α,β-unsaturated/α-hetero) is 1. The second-order valence-corrected chi connectivity index (χ2v) is 4.39. The van der Waals surface area contributed by atoms with E-state index in [1.165, 1.54) is 0 Å². The Balaban J connectivity index is 1.87. The number of pyridine rings is 1. The highest BCUT2D eigenvalue weighted by atomic mass is 16.1. The van der Waals surface area contributed by atoms with E-state index in [1.54, 1.807) is 0 Å². The van der Waals surface area contributed by atoms with Crippen LogP contribution < -0.4 is 5.32 Å². The molecule has 19 heavy (non-hydrogen) atoms. The zero-order valence-electron chi connectivity index (χ0n) is 10.6. The summed E-state index contributed by atoms with van der Waals surface area (Å²) in [5, 5.41) is 2.98. The van der Waals surface area contributed by atoms with Crippen LogP contribution in [0.4, 0.5) is 5.82 Å². The Morgan fingerprint density at radius 2 is 2.26 bits per heavy atom. The summed E-state index contributed by atoms with van der Waals surface area (Å²) in [4.78, 5) is 15.9. The van der Waals surface area contributed by atoms with Gasteiger partial charge in [-0.15, -0.1) is 0 Å². The van der Waals surface area contributed by atoms with Gasteiger partial charge in [-0.25, -0.2) is 4.98 Å². The van der Waals surface area contributed by atoms with Crippen molar-refractivity contribution in [3.05, 3.63) is 47.4 Å². The molecule has 2 aromatic rings. The first-order chi connectivity index (χ1) is 9.26. The Bertz CT molecular complexity index is 704. The van der Waals surface area contributed by atoms with E-state index in [-0.39, 0.29) is 5.78 Å². The summed E-state index contributed by atoms with van der Waals surface area (Å²) in [7, 11) is 1.82. The molecule has 4 heteroatoms. The van der Waals surface area contributed by atoms with Gasteiger partial charge in [0.2, 0.25) is 0 Å². The van der Waals surface area contributed by atoms with Crippen LogP contribution in [0.2, 0.25) is 0 Å². The highest BCUT2D eigenvalue weighted by Gasteiger charge is 2.19. The second kappa shape index (κ2) is 4.62.